The van der Waals surface area contributed by atoms with Crippen LogP contribution in [0.25, 0.3) is 0 Å². The molecule has 2 atom stereocenters. The predicted octanol–water partition coefficient (Wildman–Crippen LogP) is 0.508. The predicted molar refractivity (Wildman–Crippen MR) is 31.2 cm³/mol. The van der Waals surface area contributed by atoms with Gasteiger partial charge in [0.1, 0.15) is 0 Å². The molecule has 0 aromatic carbocycles. The summed E-state index contributed by atoms with van der Waals surface area (Å²) in [6.45, 7) is 3.12. The second kappa shape index (κ2) is 2.15. The molecule has 1 unspecified atom stereocenters. The zero-order valence-electron chi connectivity index (χ0n) is 5.02. The van der Waals surface area contributed by atoms with Crippen molar-refractivity contribution >= 4 is 0 Å². The van der Waals surface area contributed by atoms with Gasteiger partial charge in [-0.15, -0.1) is 0 Å². The van der Waals surface area contributed by atoms with Crippen molar-refractivity contribution in [3.05, 3.63) is 0 Å². The summed E-state index contributed by atoms with van der Waals surface area (Å²) in [4.78, 5) is 0. The molecule has 0 bridgehead atoms. The molecule has 1 N–H and O–H groups in total. The van der Waals surface area contributed by atoms with E-state index in [2.05, 4.69) is 18.3 Å². The fourth-order valence-corrected chi connectivity index (χ4v) is 1.01. The topological polar surface area (TPSA) is 35.8 Å². The SMILES string of the molecule is CC1CCN[C@@H]1C#N. The standard InChI is InChI=1S/C6H10N2/c1-5-2-3-8-6(5)4-7/h5-6,8H,2-3H2,1H3/t5?,6-/m1/s1. The van der Waals surface area contributed by atoms with Crippen LogP contribution in [0, 0.1) is 17.2 Å². The molecule has 0 radical (unpaired) electrons. The Hall–Kier alpha value is -0.550. The zero-order valence-corrected chi connectivity index (χ0v) is 5.02. The molecule has 2 heteroatoms. The van der Waals surface area contributed by atoms with E-state index in [0.29, 0.717) is 5.92 Å². The van der Waals surface area contributed by atoms with Crippen LogP contribution in [0.2, 0.25) is 0 Å². The van der Waals surface area contributed by atoms with Crippen molar-refractivity contribution in [2.75, 3.05) is 6.54 Å². The van der Waals surface area contributed by atoms with Gasteiger partial charge in [0, 0.05) is 0 Å². The van der Waals surface area contributed by atoms with Crippen LogP contribution < -0.4 is 5.32 Å². The van der Waals surface area contributed by atoms with Crippen LogP contribution in [-0.2, 0) is 0 Å². The van der Waals surface area contributed by atoms with Gasteiger partial charge in [-0.3, -0.25) is 0 Å². The zero-order chi connectivity index (χ0) is 5.98. The van der Waals surface area contributed by atoms with E-state index in [0.717, 1.165) is 13.0 Å². The Bertz CT molecular complexity index is 114. The summed E-state index contributed by atoms with van der Waals surface area (Å²) in [6, 6.07) is 2.32. The van der Waals surface area contributed by atoms with E-state index in [1.54, 1.807) is 0 Å². The number of hydrogen-bond acceptors (Lipinski definition) is 2. The van der Waals surface area contributed by atoms with Gasteiger partial charge >= 0.3 is 0 Å². The molecule has 0 amide bonds. The van der Waals surface area contributed by atoms with Crippen LogP contribution >= 0.6 is 0 Å². The monoisotopic (exact) mass is 110 g/mol. The van der Waals surface area contributed by atoms with Gasteiger partial charge in [-0.25, -0.2) is 0 Å². The lowest BCUT2D eigenvalue weighted by atomic mass is 10.1. The lowest BCUT2D eigenvalue weighted by Gasteiger charge is -2.02. The molecule has 1 heterocycles. The van der Waals surface area contributed by atoms with Crippen molar-refractivity contribution in [1.82, 2.24) is 5.32 Å². The van der Waals surface area contributed by atoms with Gasteiger partial charge in [-0.05, 0) is 18.9 Å². The molecule has 1 saturated heterocycles. The van der Waals surface area contributed by atoms with Gasteiger partial charge < -0.3 is 5.32 Å². The fourth-order valence-electron chi connectivity index (χ4n) is 1.01. The molecule has 0 spiro atoms. The summed E-state index contributed by atoms with van der Waals surface area (Å²) < 4.78 is 0. The third-order valence-corrected chi connectivity index (χ3v) is 1.67. The second-order valence-corrected chi connectivity index (χ2v) is 2.33. The lowest BCUT2D eigenvalue weighted by Crippen LogP contribution is -2.22. The number of nitriles is 1. The van der Waals surface area contributed by atoms with Crippen LogP contribution in [0.5, 0.6) is 0 Å². The van der Waals surface area contributed by atoms with Crippen molar-refractivity contribution in [3.63, 3.8) is 0 Å². The van der Waals surface area contributed by atoms with Gasteiger partial charge in [0.05, 0.1) is 12.1 Å². The summed E-state index contributed by atoms with van der Waals surface area (Å²) >= 11 is 0. The molecular weight excluding hydrogens is 100 g/mol. The van der Waals surface area contributed by atoms with E-state index in [1.165, 1.54) is 0 Å². The smallest absolute Gasteiger partial charge is 0.0979 e. The minimum absolute atomic E-state index is 0.120. The van der Waals surface area contributed by atoms with Crippen molar-refractivity contribution in [2.24, 2.45) is 5.92 Å². The molecule has 1 aliphatic rings. The highest BCUT2D eigenvalue weighted by atomic mass is 14.9. The minimum Gasteiger partial charge on any atom is -0.302 e. The summed E-state index contributed by atoms with van der Waals surface area (Å²) in [6.07, 6.45) is 1.15. The fraction of sp³-hybridized carbons (Fsp3) is 0.833. The molecule has 1 rings (SSSR count). The Morgan fingerprint density at radius 1 is 1.75 bits per heavy atom. The second-order valence-electron chi connectivity index (χ2n) is 2.33. The summed E-state index contributed by atoms with van der Waals surface area (Å²) in [7, 11) is 0. The molecule has 44 valence electrons. The molecular formula is C6H10N2. The van der Waals surface area contributed by atoms with Crippen LogP contribution in [-0.4, -0.2) is 12.6 Å². The number of rotatable bonds is 0. The highest BCUT2D eigenvalue weighted by Crippen LogP contribution is 2.12. The maximum Gasteiger partial charge on any atom is 0.0979 e. The van der Waals surface area contributed by atoms with Gasteiger partial charge in [-0.1, -0.05) is 6.92 Å². The number of nitrogens with zero attached hydrogens (tertiary/aromatic N) is 1. The number of hydrogen-bond donors (Lipinski definition) is 1. The Morgan fingerprint density at radius 3 is 2.75 bits per heavy atom. The van der Waals surface area contributed by atoms with Crippen LogP contribution in [0.1, 0.15) is 13.3 Å². The molecule has 0 aromatic rings. The Kier molecular flexibility index (Phi) is 1.50. The first-order valence-electron chi connectivity index (χ1n) is 2.97. The first kappa shape index (κ1) is 5.58. The van der Waals surface area contributed by atoms with Crippen molar-refractivity contribution in [2.45, 2.75) is 19.4 Å². The highest BCUT2D eigenvalue weighted by molar-refractivity contribution is 4.97. The van der Waals surface area contributed by atoms with Gasteiger partial charge in [0.25, 0.3) is 0 Å². The molecule has 1 aliphatic heterocycles. The maximum atomic E-state index is 8.42. The molecule has 0 saturated carbocycles. The molecule has 0 aliphatic carbocycles. The van der Waals surface area contributed by atoms with Crippen molar-refractivity contribution in [3.8, 4) is 6.07 Å². The molecule has 8 heavy (non-hydrogen) atoms. The summed E-state index contributed by atoms with van der Waals surface area (Å²) in [5, 5.41) is 11.5. The quantitative estimate of drug-likeness (QED) is 0.493. The molecule has 1 fully saturated rings. The van der Waals surface area contributed by atoms with Crippen molar-refractivity contribution in [1.29, 1.82) is 5.26 Å². The van der Waals surface area contributed by atoms with E-state index in [4.69, 9.17) is 5.26 Å². The summed E-state index contributed by atoms with van der Waals surface area (Å²) in [5.74, 6) is 0.556. The Labute approximate surface area is 49.5 Å². The maximum absolute atomic E-state index is 8.42. The van der Waals surface area contributed by atoms with Crippen molar-refractivity contribution < 1.29 is 0 Å². The van der Waals surface area contributed by atoms with Crippen LogP contribution in [0.4, 0.5) is 0 Å². The van der Waals surface area contributed by atoms with E-state index < -0.39 is 0 Å². The van der Waals surface area contributed by atoms with Crippen LogP contribution in [0.15, 0.2) is 0 Å². The minimum atomic E-state index is 0.120. The Morgan fingerprint density at radius 2 is 2.50 bits per heavy atom. The van der Waals surface area contributed by atoms with Gasteiger partial charge in [0.2, 0.25) is 0 Å². The largest absolute Gasteiger partial charge is 0.302 e. The first-order chi connectivity index (χ1) is 3.84. The third-order valence-electron chi connectivity index (χ3n) is 1.67. The number of nitrogens with one attached hydrogen (secondary N) is 1. The Balaban J connectivity index is 2.45. The summed E-state index contributed by atoms with van der Waals surface area (Å²) in [5.41, 5.74) is 0. The van der Waals surface area contributed by atoms with E-state index in [9.17, 15) is 0 Å². The highest BCUT2D eigenvalue weighted by Gasteiger charge is 2.21. The van der Waals surface area contributed by atoms with Gasteiger partial charge in [0.15, 0.2) is 0 Å². The molecule has 2 nitrogen and oxygen atoms in total. The molecule has 0 aromatic heterocycles. The first-order valence-corrected chi connectivity index (χ1v) is 2.97. The van der Waals surface area contributed by atoms with E-state index >= 15 is 0 Å². The van der Waals surface area contributed by atoms with Gasteiger partial charge in [-0.2, -0.15) is 5.26 Å². The third kappa shape index (κ3) is 0.823. The van der Waals surface area contributed by atoms with E-state index in [1.807, 2.05) is 0 Å². The van der Waals surface area contributed by atoms with E-state index in [-0.39, 0.29) is 6.04 Å². The normalized spacial score (nSPS) is 37.0. The van der Waals surface area contributed by atoms with Crippen LogP contribution in [0.3, 0.4) is 0 Å². The lowest BCUT2D eigenvalue weighted by molar-refractivity contribution is 0.571. The average molecular weight is 110 g/mol. The average Bonchev–Trinajstić information content (AvgIpc) is 2.14.